The van der Waals surface area contributed by atoms with Gasteiger partial charge in [-0.05, 0) is 56.4 Å². The Kier molecular flexibility index (Phi) is 4.41. The van der Waals surface area contributed by atoms with Gasteiger partial charge in [0.05, 0.1) is 10.9 Å². The highest BCUT2D eigenvalue weighted by molar-refractivity contribution is 7.12. The molecule has 0 saturated carbocycles. The van der Waals surface area contributed by atoms with Crippen molar-refractivity contribution < 1.29 is 9.21 Å². The van der Waals surface area contributed by atoms with Crippen molar-refractivity contribution in [2.45, 2.75) is 25.8 Å². The van der Waals surface area contributed by atoms with Gasteiger partial charge >= 0.3 is 0 Å². The van der Waals surface area contributed by atoms with E-state index < -0.39 is 0 Å². The molecule has 0 unspecified atom stereocenters. The van der Waals surface area contributed by atoms with Crippen molar-refractivity contribution in [3.63, 3.8) is 0 Å². The summed E-state index contributed by atoms with van der Waals surface area (Å²) in [5.41, 5.74) is 0. The molecule has 112 valence electrons. The van der Waals surface area contributed by atoms with Crippen LogP contribution in [0.5, 0.6) is 0 Å². The lowest BCUT2D eigenvalue weighted by Crippen LogP contribution is -2.36. The second kappa shape index (κ2) is 6.45. The number of nitrogens with one attached hydrogen (secondary N) is 1. The molecule has 3 rings (SSSR count). The van der Waals surface area contributed by atoms with Gasteiger partial charge in [-0.1, -0.05) is 6.07 Å². The van der Waals surface area contributed by atoms with Gasteiger partial charge in [-0.2, -0.15) is 0 Å². The van der Waals surface area contributed by atoms with Crippen LogP contribution in [-0.2, 0) is 0 Å². The van der Waals surface area contributed by atoms with E-state index >= 15 is 0 Å². The van der Waals surface area contributed by atoms with Gasteiger partial charge in [-0.3, -0.25) is 9.69 Å². The Morgan fingerprint density at radius 1 is 1.38 bits per heavy atom. The van der Waals surface area contributed by atoms with Gasteiger partial charge in [0.2, 0.25) is 0 Å². The van der Waals surface area contributed by atoms with Gasteiger partial charge in [0.25, 0.3) is 5.91 Å². The molecule has 0 spiro atoms. The molecule has 1 saturated heterocycles. The Morgan fingerprint density at radius 2 is 2.19 bits per heavy atom. The molecular formula is C16H20N2O2S. The maximum Gasteiger partial charge on any atom is 0.261 e. The summed E-state index contributed by atoms with van der Waals surface area (Å²) < 4.78 is 5.79. The van der Waals surface area contributed by atoms with E-state index in [9.17, 15) is 4.79 Å². The normalized spacial score (nSPS) is 17.0. The highest BCUT2D eigenvalue weighted by atomic mass is 32.1. The zero-order valence-electron chi connectivity index (χ0n) is 12.2. The number of furan rings is 1. The highest BCUT2D eigenvalue weighted by Crippen LogP contribution is 2.26. The molecule has 0 bridgehead atoms. The molecule has 2 aromatic heterocycles. The van der Waals surface area contributed by atoms with Crippen LogP contribution >= 0.6 is 11.3 Å². The number of thiophene rings is 1. The van der Waals surface area contributed by atoms with Crippen molar-refractivity contribution in [1.82, 2.24) is 10.2 Å². The van der Waals surface area contributed by atoms with Gasteiger partial charge in [-0.15, -0.1) is 11.3 Å². The molecule has 0 radical (unpaired) electrons. The van der Waals surface area contributed by atoms with E-state index in [1.807, 2.05) is 36.6 Å². The summed E-state index contributed by atoms with van der Waals surface area (Å²) in [7, 11) is 0. The predicted octanol–water partition coefficient (Wildman–Crippen LogP) is 3.22. The molecule has 1 atom stereocenters. The number of carbonyl (C=O) groups is 1. The Bertz CT molecular complexity index is 585. The van der Waals surface area contributed by atoms with E-state index in [2.05, 4.69) is 10.2 Å². The number of aryl methyl sites for hydroxylation is 1. The second-order valence-electron chi connectivity index (χ2n) is 5.39. The maximum atomic E-state index is 12.1. The van der Waals surface area contributed by atoms with Crippen LogP contribution < -0.4 is 5.32 Å². The molecule has 2 aromatic rings. The number of nitrogens with zero attached hydrogens (tertiary/aromatic N) is 1. The monoisotopic (exact) mass is 304 g/mol. The van der Waals surface area contributed by atoms with E-state index in [0.717, 1.165) is 29.5 Å². The van der Waals surface area contributed by atoms with E-state index in [1.165, 1.54) is 24.2 Å². The summed E-state index contributed by atoms with van der Waals surface area (Å²) in [5, 5.41) is 4.96. The third-order valence-corrected chi connectivity index (χ3v) is 4.74. The summed E-state index contributed by atoms with van der Waals surface area (Å²) in [5.74, 6) is 1.86. The molecule has 4 nitrogen and oxygen atoms in total. The highest BCUT2D eigenvalue weighted by Gasteiger charge is 2.26. The molecule has 1 amide bonds. The van der Waals surface area contributed by atoms with Crippen molar-refractivity contribution in [3.8, 4) is 0 Å². The van der Waals surface area contributed by atoms with E-state index in [0.29, 0.717) is 6.54 Å². The second-order valence-corrected chi connectivity index (χ2v) is 6.34. The smallest absolute Gasteiger partial charge is 0.261 e. The molecule has 21 heavy (non-hydrogen) atoms. The number of hydrogen-bond acceptors (Lipinski definition) is 4. The first-order chi connectivity index (χ1) is 10.2. The predicted molar refractivity (Wildman–Crippen MR) is 83.6 cm³/mol. The van der Waals surface area contributed by atoms with Crippen LogP contribution in [0.25, 0.3) is 0 Å². The first-order valence-electron chi connectivity index (χ1n) is 7.36. The van der Waals surface area contributed by atoms with Crippen molar-refractivity contribution in [3.05, 3.63) is 46.0 Å². The zero-order valence-corrected chi connectivity index (χ0v) is 13.0. The van der Waals surface area contributed by atoms with E-state index in [4.69, 9.17) is 4.42 Å². The molecule has 1 aliphatic rings. The van der Waals surface area contributed by atoms with Crippen LogP contribution in [0.1, 0.15) is 40.1 Å². The van der Waals surface area contributed by atoms with Gasteiger partial charge in [-0.25, -0.2) is 0 Å². The number of rotatable bonds is 5. The van der Waals surface area contributed by atoms with Crippen molar-refractivity contribution >= 4 is 17.2 Å². The summed E-state index contributed by atoms with van der Waals surface area (Å²) in [6.07, 6.45) is 2.43. The third-order valence-electron chi connectivity index (χ3n) is 3.87. The first-order valence-corrected chi connectivity index (χ1v) is 8.24. The molecule has 0 aromatic carbocycles. The summed E-state index contributed by atoms with van der Waals surface area (Å²) >= 11 is 1.47. The molecular weight excluding hydrogens is 284 g/mol. The summed E-state index contributed by atoms with van der Waals surface area (Å²) in [6.45, 7) is 4.68. The van der Waals surface area contributed by atoms with E-state index in [1.54, 1.807) is 0 Å². The van der Waals surface area contributed by atoms with Crippen molar-refractivity contribution in [2.24, 2.45) is 0 Å². The fourth-order valence-electron chi connectivity index (χ4n) is 2.78. The number of carbonyl (C=O) groups excluding carboxylic acids is 1. The van der Waals surface area contributed by atoms with Crippen LogP contribution in [0, 0.1) is 6.92 Å². The molecule has 1 aliphatic heterocycles. The van der Waals surface area contributed by atoms with Crippen molar-refractivity contribution in [1.29, 1.82) is 0 Å². The Labute approximate surface area is 128 Å². The Hall–Kier alpha value is -1.59. The topological polar surface area (TPSA) is 45.5 Å². The molecule has 3 heterocycles. The van der Waals surface area contributed by atoms with Gasteiger partial charge in [0.1, 0.15) is 11.5 Å². The lowest BCUT2D eigenvalue weighted by Gasteiger charge is -2.26. The fraction of sp³-hybridized carbons (Fsp3) is 0.438. The standard InChI is InChI=1S/C16H20N2O2S/c1-12-6-7-14(20-12)13(18-8-2-3-9-18)11-17-16(19)15-5-4-10-21-15/h4-7,10,13H,2-3,8-9,11H2,1H3,(H,17,19)/t13-/m1/s1. The lowest BCUT2D eigenvalue weighted by molar-refractivity contribution is 0.0937. The molecule has 1 fully saturated rings. The largest absolute Gasteiger partial charge is 0.465 e. The molecule has 5 heteroatoms. The SMILES string of the molecule is Cc1ccc([C@@H](CNC(=O)c2cccs2)N2CCCC2)o1. The Morgan fingerprint density at radius 3 is 2.81 bits per heavy atom. The van der Waals surface area contributed by atoms with E-state index in [-0.39, 0.29) is 11.9 Å². The third kappa shape index (κ3) is 3.36. The van der Waals surface area contributed by atoms with Crippen molar-refractivity contribution in [2.75, 3.05) is 19.6 Å². The average Bonchev–Trinajstić information content (AvgIpc) is 3.21. The average molecular weight is 304 g/mol. The molecule has 1 N–H and O–H groups in total. The van der Waals surface area contributed by atoms with Crippen LogP contribution in [0.4, 0.5) is 0 Å². The maximum absolute atomic E-state index is 12.1. The minimum absolute atomic E-state index is 0.00234. The van der Waals surface area contributed by atoms with Gasteiger partial charge in [0, 0.05) is 6.54 Å². The number of amides is 1. The fourth-order valence-corrected chi connectivity index (χ4v) is 3.42. The van der Waals surface area contributed by atoms with Crippen LogP contribution in [-0.4, -0.2) is 30.4 Å². The Balaban J connectivity index is 1.69. The number of likely N-dealkylation sites (tertiary alicyclic amines) is 1. The van der Waals surface area contributed by atoms with Gasteiger partial charge < -0.3 is 9.73 Å². The van der Waals surface area contributed by atoms with Gasteiger partial charge in [0.15, 0.2) is 0 Å². The zero-order chi connectivity index (χ0) is 14.7. The summed E-state index contributed by atoms with van der Waals surface area (Å²) in [6, 6.07) is 7.88. The lowest BCUT2D eigenvalue weighted by atomic mass is 10.2. The molecule has 0 aliphatic carbocycles. The summed E-state index contributed by atoms with van der Waals surface area (Å²) in [4.78, 5) is 15.3. The minimum Gasteiger partial charge on any atom is -0.465 e. The van der Waals surface area contributed by atoms with Crippen LogP contribution in [0.15, 0.2) is 34.1 Å². The first kappa shape index (κ1) is 14.4. The number of hydrogen-bond donors (Lipinski definition) is 1. The van der Waals surface area contributed by atoms with Crippen LogP contribution in [0.2, 0.25) is 0 Å². The minimum atomic E-state index is -0.00234. The quantitative estimate of drug-likeness (QED) is 0.922. The van der Waals surface area contributed by atoms with Crippen LogP contribution in [0.3, 0.4) is 0 Å².